The van der Waals surface area contributed by atoms with Crippen molar-refractivity contribution in [2.45, 2.75) is 57.3 Å². The topological polar surface area (TPSA) is 156 Å². The molecule has 4 amide bonds. The lowest BCUT2D eigenvalue weighted by molar-refractivity contribution is -0.134. The fraction of sp³-hybridized carbons (Fsp3) is 0.429. The summed E-state index contributed by atoms with van der Waals surface area (Å²) in [5.41, 5.74) is 13.4. The van der Waals surface area contributed by atoms with Crippen molar-refractivity contribution in [3.8, 4) is 0 Å². The second-order valence-electron chi connectivity index (χ2n) is 9.52. The van der Waals surface area contributed by atoms with E-state index in [0.717, 1.165) is 11.1 Å². The average Bonchev–Trinajstić information content (AvgIpc) is 2.89. The molecule has 0 unspecified atom stereocenters. The lowest BCUT2D eigenvalue weighted by Gasteiger charge is -2.27. The van der Waals surface area contributed by atoms with Gasteiger partial charge >= 0.3 is 0 Å². The second-order valence-corrected chi connectivity index (χ2v) is 10.5. The number of benzene rings is 2. The quantitative estimate of drug-likeness (QED) is 0.228. The molecule has 206 valence electrons. The first-order valence-corrected chi connectivity index (χ1v) is 14.0. The SMILES string of the molecule is CSCC[C@H](NC(=O)[C@@H](N)Cc1ccccc1)C(=O)N[C@H](C(=O)N[C@@H](Cc1ccccc1)C(N)=O)C(C)C. The third-order valence-electron chi connectivity index (χ3n) is 6.07. The number of hydrogen-bond acceptors (Lipinski definition) is 6. The number of thioether (sulfide) groups is 1. The largest absolute Gasteiger partial charge is 0.368 e. The van der Waals surface area contributed by atoms with Crippen LogP contribution in [-0.2, 0) is 32.0 Å². The summed E-state index contributed by atoms with van der Waals surface area (Å²) in [6.45, 7) is 3.57. The van der Waals surface area contributed by atoms with E-state index in [0.29, 0.717) is 18.6 Å². The zero-order valence-electron chi connectivity index (χ0n) is 22.2. The number of nitrogens with one attached hydrogen (secondary N) is 3. The summed E-state index contributed by atoms with van der Waals surface area (Å²) in [7, 11) is 0. The molecule has 0 saturated carbocycles. The number of amides is 4. The Morgan fingerprint density at radius 2 is 1.29 bits per heavy atom. The molecule has 0 fully saturated rings. The van der Waals surface area contributed by atoms with Crippen molar-refractivity contribution in [3.05, 3.63) is 71.8 Å². The van der Waals surface area contributed by atoms with Gasteiger partial charge in [-0.15, -0.1) is 0 Å². The molecule has 0 aliphatic carbocycles. The third kappa shape index (κ3) is 10.2. The maximum absolute atomic E-state index is 13.2. The van der Waals surface area contributed by atoms with E-state index in [9.17, 15) is 19.2 Å². The summed E-state index contributed by atoms with van der Waals surface area (Å²) in [6.07, 6.45) is 2.82. The molecular formula is C28H39N5O4S. The van der Waals surface area contributed by atoms with Crippen LogP contribution < -0.4 is 27.4 Å². The van der Waals surface area contributed by atoms with E-state index in [4.69, 9.17) is 11.5 Å². The van der Waals surface area contributed by atoms with E-state index in [1.54, 1.807) is 13.8 Å². The van der Waals surface area contributed by atoms with Gasteiger partial charge < -0.3 is 27.4 Å². The van der Waals surface area contributed by atoms with Gasteiger partial charge in [0.15, 0.2) is 0 Å². The van der Waals surface area contributed by atoms with Crippen LogP contribution in [0.25, 0.3) is 0 Å². The number of nitrogens with two attached hydrogens (primary N) is 2. The first-order valence-electron chi connectivity index (χ1n) is 12.6. The lowest BCUT2D eigenvalue weighted by Crippen LogP contribution is -2.59. The van der Waals surface area contributed by atoms with Crippen LogP contribution in [0.15, 0.2) is 60.7 Å². The fourth-order valence-corrected chi connectivity index (χ4v) is 4.34. The molecule has 2 aromatic rings. The molecule has 38 heavy (non-hydrogen) atoms. The van der Waals surface area contributed by atoms with Gasteiger partial charge in [0.2, 0.25) is 23.6 Å². The van der Waals surface area contributed by atoms with Crippen molar-refractivity contribution in [2.24, 2.45) is 17.4 Å². The highest BCUT2D eigenvalue weighted by Gasteiger charge is 2.31. The highest BCUT2D eigenvalue weighted by atomic mass is 32.2. The normalized spacial score (nSPS) is 14.1. The van der Waals surface area contributed by atoms with E-state index in [1.165, 1.54) is 11.8 Å². The standard InChI is InChI=1S/C28H39N5O4S/c1-18(2)24(28(37)32-23(25(30)34)17-20-12-8-5-9-13-20)33-27(36)22(14-15-38-3)31-26(35)21(29)16-19-10-6-4-7-11-19/h4-13,18,21-24H,14-17,29H2,1-3H3,(H2,30,34)(H,31,35)(H,32,37)(H,33,36)/t21-,22-,23-,24-/m0/s1. The molecule has 7 N–H and O–H groups in total. The molecule has 0 aliphatic rings. The van der Waals surface area contributed by atoms with Crippen molar-refractivity contribution in [1.29, 1.82) is 0 Å². The van der Waals surface area contributed by atoms with Crippen LogP contribution in [0.4, 0.5) is 0 Å². The van der Waals surface area contributed by atoms with Gasteiger partial charge in [0.1, 0.15) is 18.1 Å². The Kier molecular flexibility index (Phi) is 12.8. The van der Waals surface area contributed by atoms with Gasteiger partial charge in [-0.25, -0.2) is 0 Å². The Morgan fingerprint density at radius 1 is 0.763 bits per heavy atom. The number of carbonyl (C=O) groups is 4. The van der Waals surface area contributed by atoms with Crippen molar-refractivity contribution >= 4 is 35.4 Å². The molecule has 2 rings (SSSR count). The van der Waals surface area contributed by atoms with Crippen LogP contribution in [0.5, 0.6) is 0 Å². The first kappa shape index (κ1) is 30.9. The van der Waals surface area contributed by atoms with Gasteiger partial charge in [-0.3, -0.25) is 19.2 Å². The summed E-state index contributed by atoms with van der Waals surface area (Å²) in [5.74, 6) is -1.81. The Balaban J connectivity index is 2.08. The summed E-state index contributed by atoms with van der Waals surface area (Å²) >= 11 is 1.54. The van der Waals surface area contributed by atoms with Gasteiger partial charge in [0.25, 0.3) is 0 Å². The minimum atomic E-state index is -0.939. The molecule has 0 heterocycles. The monoisotopic (exact) mass is 541 g/mol. The van der Waals surface area contributed by atoms with Gasteiger partial charge in [-0.1, -0.05) is 74.5 Å². The summed E-state index contributed by atoms with van der Waals surface area (Å²) in [6, 6.07) is 15.0. The zero-order chi connectivity index (χ0) is 28.1. The van der Waals surface area contributed by atoms with E-state index < -0.39 is 47.8 Å². The predicted octanol–water partition coefficient (Wildman–Crippen LogP) is 1.15. The Morgan fingerprint density at radius 3 is 1.79 bits per heavy atom. The number of primary amides is 1. The third-order valence-corrected chi connectivity index (χ3v) is 6.71. The molecule has 0 saturated heterocycles. The average molecular weight is 542 g/mol. The minimum absolute atomic E-state index is 0.229. The summed E-state index contributed by atoms with van der Waals surface area (Å²) in [4.78, 5) is 51.3. The summed E-state index contributed by atoms with van der Waals surface area (Å²) in [5, 5.41) is 8.19. The Labute approximate surface area is 228 Å². The Hall–Kier alpha value is -3.37. The molecule has 0 spiro atoms. The van der Waals surface area contributed by atoms with E-state index >= 15 is 0 Å². The molecule has 0 aromatic heterocycles. The van der Waals surface area contributed by atoms with Gasteiger partial charge in [-0.2, -0.15) is 11.8 Å². The van der Waals surface area contributed by atoms with Crippen molar-refractivity contribution in [1.82, 2.24) is 16.0 Å². The van der Waals surface area contributed by atoms with Gasteiger partial charge in [0.05, 0.1) is 6.04 Å². The molecule has 2 aromatic carbocycles. The van der Waals surface area contributed by atoms with E-state index in [2.05, 4.69) is 16.0 Å². The molecule has 9 nitrogen and oxygen atoms in total. The van der Waals surface area contributed by atoms with Crippen LogP contribution in [0.3, 0.4) is 0 Å². The van der Waals surface area contributed by atoms with Crippen LogP contribution in [0.1, 0.15) is 31.4 Å². The zero-order valence-corrected chi connectivity index (χ0v) is 23.0. The lowest BCUT2D eigenvalue weighted by atomic mass is 10.0. The predicted molar refractivity (Wildman–Crippen MR) is 151 cm³/mol. The molecular weight excluding hydrogens is 502 g/mol. The van der Waals surface area contributed by atoms with Crippen molar-refractivity contribution < 1.29 is 19.2 Å². The van der Waals surface area contributed by atoms with E-state index in [-0.39, 0.29) is 12.3 Å². The number of hydrogen-bond donors (Lipinski definition) is 5. The minimum Gasteiger partial charge on any atom is -0.368 e. The van der Waals surface area contributed by atoms with Crippen LogP contribution in [0.2, 0.25) is 0 Å². The smallest absolute Gasteiger partial charge is 0.243 e. The maximum atomic E-state index is 13.2. The Bertz CT molecular complexity index is 1050. The highest BCUT2D eigenvalue weighted by molar-refractivity contribution is 7.98. The molecule has 0 bridgehead atoms. The van der Waals surface area contributed by atoms with Gasteiger partial charge in [0, 0.05) is 6.42 Å². The van der Waals surface area contributed by atoms with Crippen LogP contribution >= 0.6 is 11.8 Å². The molecule has 10 heteroatoms. The maximum Gasteiger partial charge on any atom is 0.243 e. The molecule has 4 atom stereocenters. The van der Waals surface area contributed by atoms with Gasteiger partial charge in [-0.05, 0) is 41.9 Å². The van der Waals surface area contributed by atoms with Crippen molar-refractivity contribution in [3.63, 3.8) is 0 Å². The van der Waals surface area contributed by atoms with E-state index in [1.807, 2.05) is 66.9 Å². The summed E-state index contributed by atoms with van der Waals surface area (Å²) < 4.78 is 0. The number of carbonyl (C=O) groups excluding carboxylic acids is 4. The highest BCUT2D eigenvalue weighted by Crippen LogP contribution is 2.09. The molecule has 0 aliphatic heterocycles. The van der Waals surface area contributed by atoms with Crippen LogP contribution in [-0.4, -0.2) is 59.8 Å². The number of rotatable bonds is 15. The van der Waals surface area contributed by atoms with Crippen molar-refractivity contribution in [2.75, 3.05) is 12.0 Å². The fourth-order valence-electron chi connectivity index (χ4n) is 3.87. The van der Waals surface area contributed by atoms with Crippen LogP contribution in [0, 0.1) is 5.92 Å². The first-order chi connectivity index (χ1) is 18.1. The molecule has 0 radical (unpaired) electrons. The second kappa shape index (κ2) is 15.8.